The first-order chi connectivity index (χ1) is 9.60. The maximum absolute atomic E-state index is 11.7. The van der Waals surface area contributed by atoms with Crippen LogP contribution < -0.4 is 5.32 Å². The van der Waals surface area contributed by atoms with E-state index < -0.39 is 5.97 Å². The zero-order valence-electron chi connectivity index (χ0n) is 11.3. The molecule has 1 amide bonds. The fourth-order valence-electron chi connectivity index (χ4n) is 1.58. The molecular weight excluding hydrogens is 258 g/mol. The number of aryl methyl sites for hydroxylation is 1. The molecule has 1 heterocycles. The van der Waals surface area contributed by atoms with E-state index >= 15 is 0 Å². The maximum atomic E-state index is 11.7. The highest BCUT2D eigenvalue weighted by atomic mass is 16.5. The summed E-state index contributed by atoms with van der Waals surface area (Å²) < 4.78 is 4.82. The van der Waals surface area contributed by atoms with E-state index in [0.717, 1.165) is 16.8 Å². The number of likely N-dealkylation sites (N-methyl/N-ethyl adjacent to an activating group) is 1. The Balaban J connectivity index is 2.06. The Labute approximate surface area is 116 Å². The molecule has 0 saturated heterocycles. The predicted molar refractivity (Wildman–Crippen MR) is 73.1 cm³/mol. The zero-order chi connectivity index (χ0) is 14.5. The van der Waals surface area contributed by atoms with E-state index in [9.17, 15) is 9.59 Å². The number of hydrogen-bond donors (Lipinski definition) is 2. The average molecular weight is 273 g/mol. The van der Waals surface area contributed by atoms with Gasteiger partial charge in [0.2, 0.25) is 0 Å². The van der Waals surface area contributed by atoms with Crippen LogP contribution in [0.1, 0.15) is 16.1 Å². The summed E-state index contributed by atoms with van der Waals surface area (Å²) in [6, 6.07) is 9.40. The molecule has 0 bridgehead atoms. The molecule has 6 heteroatoms. The fourth-order valence-corrected chi connectivity index (χ4v) is 1.58. The second-order valence-electron chi connectivity index (χ2n) is 4.28. The largest absolute Gasteiger partial charge is 0.451 e. The van der Waals surface area contributed by atoms with Crippen LogP contribution in [0.2, 0.25) is 0 Å². The molecular formula is C14H15N3O3. The van der Waals surface area contributed by atoms with Gasteiger partial charge in [-0.1, -0.05) is 29.8 Å². The smallest absolute Gasteiger partial charge is 0.359 e. The van der Waals surface area contributed by atoms with Crippen molar-refractivity contribution in [2.75, 3.05) is 13.7 Å². The Hall–Kier alpha value is -2.63. The number of carbonyl (C=O) groups excluding carboxylic acids is 2. The van der Waals surface area contributed by atoms with E-state index in [4.69, 9.17) is 4.74 Å². The van der Waals surface area contributed by atoms with Crippen molar-refractivity contribution in [3.63, 3.8) is 0 Å². The monoisotopic (exact) mass is 273 g/mol. The predicted octanol–water partition coefficient (Wildman–Crippen LogP) is 1.29. The molecule has 0 saturated carbocycles. The lowest BCUT2D eigenvalue weighted by Crippen LogP contribution is -2.25. The van der Waals surface area contributed by atoms with Crippen LogP contribution in [0.15, 0.2) is 30.3 Å². The lowest BCUT2D eigenvalue weighted by Gasteiger charge is -2.00. The molecule has 0 aliphatic heterocycles. The van der Waals surface area contributed by atoms with E-state index in [2.05, 4.69) is 15.5 Å². The number of nitrogens with one attached hydrogen (secondary N) is 2. The van der Waals surface area contributed by atoms with Crippen molar-refractivity contribution in [1.29, 1.82) is 0 Å². The zero-order valence-corrected chi connectivity index (χ0v) is 11.3. The number of hydrogen-bond acceptors (Lipinski definition) is 4. The van der Waals surface area contributed by atoms with Gasteiger partial charge in [0.15, 0.2) is 12.3 Å². The van der Waals surface area contributed by atoms with Gasteiger partial charge >= 0.3 is 5.97 Å². The molecule has 0 aliphatic rings. The van der Waals surface area contributed by atoms with Gasteiger partial charge in [0, 0.05) is 7.05 Å². The molecule has 0 fully saturated rings. The highest BCUT2D eigenvalue weighted by molar-refractivity contribution is 5.90. The van der Waals surface area contributed by atoms with Crippen molar-refractivity contribution in [3.05, 3.63) is 41.6 Å². The molecule has 0 radical (unpaired) electrons. The summed E-state index contributed by atoms with van der Waals surface area (Å²) in [6.45, 7) is 1.68. The van der Waals surface area contributed by atoms with Crippen LogP contribution in [0.4, 0.5) is 0 Å². The summed E-state index contributed by atoms with van der Waals surface area (Å²) in [4.78, 5) is 22.7. The topological polar surface area (TPSA) is 84.1 Å². The third-order valence-corrected chi connectivity index (χ3v) is 2.76. The van der Waals surface area contributed by atoms with Gasteiger partial charge in [-0.2, -0.15) is 5.10 Å². The minimum atomic E-state index is -0.636. The first-order valence-electron chi connectivity index (χ1n) is 6.10. The number of aromatic amines is 1. The highest BCUT2D eigenvalue weighted by Crippen LogP contribution is 2.18. The highest BCUT2D eigenvalue weighted by Gasteiger charge is 2.14. The minimum Gasteiger partial charge on any atom is -0.451 e. The van der Waals surface area contributed by atoms with Crippen molar-refractivity contribution in [2.45, 2.75) is 6.92 Å². The van der Waals surface area contributed by atoms with Gasteiger partial charge < -0.3 is 10.1 Å². The molecule has 2 N–H and O–H groups in total. The van der Waals surface area contributed by atoms with Gasteiger partial charge in [0.25, 0.3) is 5.91 Å². The molecule has 2 aromatic rings. The Morgan fingerprint density at radius 2 is 2.00 bits per heavy atom. The number of amides is 1. The normalized spacial score (nSPS) is 10.1. The van der Waals surface area contributed by atoms with Gasteiger partial charge in [-0.3, -0.25) is 9.89 Å². The number of esters is 1. The van der Waals surface area contributed by atoms with Crippen LogP contribution >= 0.6 is 0 Å². The van der Waals surface area contributed by atoms with Crippen LogP contribution in [-0.2, 0) is 9.53 Å². The molecule has 6 nitrogen and oxygen atoms in total. The van der Waals surface area contributed by atoms with Gasteiger partial charge in [0.05, 0.1) is 5.69 Å². The molecule has 20 heavy (non-hydrogen) atoms. The maximum Gasteiger partial charge on any atom is 0.359 e. The van der Waals surface area contributed by atoms with E-state index in [0.29, 0.717) is 0 Å². The summed E-state index contributed by atoms with van der Waals surface area (Å²) in [6.07, 6.45) is 0. The first kappa shape index (κ1) is 13.8. The summed E-state index contributed by atoms with van der Waals surface area (Å²) >= 11 is 0. The number of nitrogens with zero attached hydrogens (tertiary/aromatic N) is 1. The summed E-state index contributed by atoms with van der Waals surface area (Å²) in [5.41, 5.74) is 2.94. The molecule has 2 rings (SSSR count). The van der Waals surface area contributed by atoms with Crippen LogP contribution in [0.25, 0.3) is 11.3 Å². The Morgan fingerprint density at radius 3 is 2.65 bits per heavy atom. The van der Waals surface area contributed by atoms with Gasteiger partial charge in [-0.15, -0.1) is 0 Å². The minimum absolute atomic E-state index is 0.143. The lowest BCUT2D eigenvalue weighted by molar-refractivity contribution is -0.123. The van der Waals surface area contributed by atoms with Crippen molar-refractivity contribution >= 4 is 11.9 Å². The number of H-pyrrole nitrogens is 1. The van der Waals surface area contributed by atoms with Crippen LogP contribution in [0.5, 0.6) is 0 Å². The second-order valence-corrected chi connectivity index (χ2v) is 4.28. The van der Waals surface area contributed by atoms with E-state index in [1.165, 1.54) is 7.05 Å². The number of ether oxygens (including phenoxy) is 1. The molecule has 0 spiro atoms. The average Bonchev–Trinajstić information content (AvgIpc) is 2.95. The van der Waals surface area contributed by atoms with Crippen LogP contribution in [-0.4, -0.2) is 35.7 Å². The van der Waals surface area contributed by atoms with Crippen LogP contribution in [0, 0.1) is 6.92 Å². The van der Waals surface area contributed by atoms with Gasteiger partial charge in [-0.25, -0.2) is 4.79 Å². The van der Waals surface area contributed by atoms with Gasteiger partial charge in [0.1, 0.15) is 0 Å². The Kier molecular flexibility index (Phi) is 4.14. The Morgan fingerprint density at radius 1 is 1.30 bits per heavy atom. The summed E-state index contributed by atoms with van der Waals surface area (Å²) in [5, 5.41) is 9.02. The standard InChI is InChI=1S/C14H15N3O3/c1-9-3-5-10(6-4-9)11-7-12(17-16-11)14(19)20-8-13(18)15-2/h3-7H,8H2,1-2H3,(H,15,18)(H,16,17). The fraction of sp³-hybridized carbons (Fsp3) is 0.214. The van der Waals surface area contributed by atoms with Crippen molar-refractivity contribution < 1.29 is 14.3 Å². The quantitative estimate of drug-likeness (QED) is 0.822. The van der Waals surface area contributed by atoms with E-state index in [1.807, 2.05) is 31.2 Å². The van der Waals surface area contributed by atoms with Crippen molar-refractivity contribution in [1.82, 2.24) is 15.5 Å². The molecule has 1 aromatic carbocycles. The number of carbonyl (C=O) groups is 2. The van der Waals surface area contributed by atoms with E-state index in [-0.39, 0.29) is 18.2 Å². The van der Waals surface area contributed by atoms with Crippen LogP contribution in [0.3, 0.4) is 0 Å². The molecule has 0 atom stereocenters. The van der Waals surface area contributed by atoms with Crippen molar-refractivity contribution in [3.8, 4) is 11.3 Å². The third kappa shape index (κ3) is 3.23. The summed E-state index contributed by atoms with van der Waals surface area (Å²) in [7, 11) is 1.47. The molecule has 104 valence electrons. The summed E-state index contributed by atoms with van der Waals surface area (Å²) in [5.74, 6) is -1.00. The molecule has 0 aliphatic carbocycles. The third-order valence-electron chi connectivity index (χ3n) is 2.76. The molecule has 0 unspecified atom stereocenters. The SMILES string of the molecule is CNC(=O)COC(=O)c1cc(-c2ccc(C)cc2)[nH]n1. The molecule has 1 aromatic heterocycles. The number of aromatic nitrogens is 2. The number of rotatable bonds is 4. The van der Waals surface area contributed by atoms with Gasteiger partial charge in [-0.05, 0) is 18.6 Å². The Bertz CT molecular complexity index is 617. The number of benzene rings is 1. The van der Waals surface area contributed by atoms with Crippen molar-refractivity contribution in [2.24, 2.45) is 0 Å². The van der Waals surface area contributed by atoms with E-state index in [1.54, 1.807) is 6.07 Å². The first-order valence-corrected chi connectivity index (χ1v) is 6.10. The second kappa shape index (κ2) is 6.01. The lowest BCUT2D eigenvalue weighted by atomic mass is 10.1.